The zero-order valence-corrected chi connectivity index (χ0v) is 16.6. The molecule has 0 bridgehead atoms. The van der Waals surface area contributed by atoms with Crippen molar-refractivity contribution in [2.45, 2.75) is 53.5 Å². The maximum atomic E-state index is 4.65. The number of aromatic nitrogens is 3. The van der Waals surface area contributed by atoms with Crippen LogP contribution in [0.4, 0.5) is 0 Å². The van der Waals surface area contributed by atoms with Gasteiger partial charge in [-0.3, -0.25) is 9.67 Å². The summed E-state index contributed by atoms with van der Waals surface area (Å²) in [4.78, 5) is 9.25. The van der Waals surface area contributed by atoms with Crippen molar-refractivity contribution in [1.29, 1.82) is 0 Å². The molecular weight excluding hydrogens is 332 g/mol. The van der Waals surface area contributed by atoms with Crippen molar-refractivity contribution in [3.63, 3.8) is 0 Å². The Morgan fingerprint density at radius 3 is 2.76 bits per heavy atom. The van der Waals surface area contributed by atoms with E-state index in [2.05, 4.69) is 62.6 Å². The van der Waals surface area contributed by atoms with Crippen LogP contribution < -0.4 is 10.6 Å². The number of guanidine groups is 1. The first kappa shape index (κ1) is 19.4. The lowest BCUT2D eigenvalue weighted by molar-refractivity contribution is 0.567. The zero-order chi connectivity index (χ0) is 18.1. The highest BCUT2D eigenvalue weighted by Gasteiger charge is 2.03. The molecule has 0 aromatic carbocycles. The lowest BCUT2D eigenvalue weighted by atomic mass is 10.3. The average molecular weight is 363 g/mol. The summed E-state index contributed by atoms with van der Waals surface area (Å²) in [6.45, 7) is 11.7. The molecule has 2 aromatic heterocycles. The molecule has 7 heteroatoms. The van der Waals surface area contributed by atoms with Crippen LogP contribution in [-0.2, 0) is 19.4 Å². The first-order valence-electron chi connectivity index (χ1n) is 9.08. The normalized spacial score (nSPS) is 11.8. The van der Waals surface area contributed by atoms with E-state index in [0.29, 0.717) is 0 Å². The van der Waals surface area contributed by atoms with Crippen LogP contribution in [0.2, 0.25) is 0 Å². The number of hydrogen-bond acceptors (Lipinski definition) is 4. The van der Waals surface area contributed by atoms with E-state index in [0.717, 1.165) is 62.8 Å². The maximum absolute atomic E-state index is 4.65. The van der Waals surface area contributed by atoms with Gasteiger partial charge in [0.2, 0.25) is 0 Å². The second kappa shape index (κ2) is 10.2. The topological polar surface area (TPSA) is 67.1 Å². The summed E-state index contributed by atoms with van der Waals surface area (Å²) < 4.78 is 2.05. The number of nitrogens with zero attached hydrogens (tertiary/aromatic N) is 4. The molecule has 0 saturated carbocycles. The predicted octanol–water partition coefficient (Wildman–Crippen LogP) is 2.71. The molecule has 2 N–H and O–H groups in total. The summed E-state index contributed by atoms with van der Waals surface area (Å²) in [5.74, 6) is 0.877. The van der Waals surface area contributed by atoms with Crippen molar-refractivity contribution in [1.82, 2.24) is 25.4 Å². The van der Waals surface area contributed by atoms with E-state index in [9.17, 15) is 0 Å². The number of aryl methyl sites for hydroxylation is 4. The Kier molecular flexibility index (Phi) is 7.91. The van der Waals surface area contributed by atoms with Crippen LogP contribution in [0.15, 0.2) is 16.4 Å². The maximum Gasteiger partial charge on any atom is 0.191 e. The highest BCUT2D eigenvalue weighted by molar-refractivity contribution is 7.09. The summed E-state index contributed by atoms with van der Waals surface area (Å²) >= 11 is 1.74. The fourth-order valence-electron chi connectivity index (χ4n) is 2.59. The molecule has 138 valence electrons. The van der Waals surface area contributed by atoms with Crippen molar-refractivity contribution >= 4 is 17.3 Å². The third-order valence-electron chi connectivity index (χ3n) is 3.82. The highest BCUT2D eigenvalue weighted by Crippen LogP contribution is 2.10. The Morgan fingerprint density at radius 2 is 2.12 bits per heavy atom. The minimum absolute atomic E-state index is 0.782. The molecule has 25 heavy (non-hydrogen) atoms. The smallest absolute Gasteiger partial charge is 0.191 e. The van der Waals surface area contributed by atoms with Crippen LogP contribution in [0.5, 0.6) is 0 Å². The van der Waals surface area contributed by atoms with E-state index in [1.165, 1.54) is 10.7 Å². The molecule has 0 aliphatic rings. The van der Waals surface area contributed by atoms with Crippen LogP contribution in [0.1, 0.15) is 42.4 Å². The van der Waals surface area contributed by atoms with Crippen molar-refractivity contribution in [2.75, 3.05) is 19.6 Å². The van der Waals surface area contributed by atoms with Gasteiger partial charge in [-0.05, 0) is 39.7 Å². The van der Waals surface area contributed by atoms with Crippen molar-refractivity contribution < 1.29 is 0 Å². The second-order valence-electron chi connectivity index (χ2n) is 6.03. The van der Waals surface area contributed by atoms with Gasteiger partial charge in [0.15, 0.2) is 5.96 Å². The van der Waals surface area contributed by atoms with Crippen molar-refractivity contribution in [3.05, 3.63) is 33.5 Å². The van der Waals surface area contributed by atoms with E-state index in [4.69, 9.17) is 0 Å². The molecule has 2 aromatic rings. The largest absolute Gasteiger partial charge is 0.357 e. The monoisotopic (exact) mass is 362 g/mol. The van der Waals surface area contributed by atoms with Gasteiger partial charge in [-0.25, -0.2) is 4.98 Å². The molecule has 2 heterocycles. The molecule has 0 saturated heterocycles. The quantitative estimate of drug-likeness (QED) is 0.409. The Bertz CT molecular complexity index is 673. The SMILES string of the molecule is CCNC(=NCCCn1nc(C)cc1C)NCCc1csc(CC)n1. The highest BCUT2D eigenvalue weighted by atomic mass is 32.1. The van der Waals surface area contributed by atoms with Gasteiger partial charge >= 0.3 is 0 Å². The number of aliphatic imine (C=N–C) groups is 1. The molecule has 0 radical (unpaired) electrons. The van der Waals surface area contributed by atoms with Crippen molar-refractivity contribution in [3.8, 4) is 0 Å². The molecule has 0 amide bonds. The first-order valence-corrected chi connectivity index (χ1v) is 9.96. The van der Waals surface area contributed by atoms with Gasteiger partial charge in [-0.1, -0.05) is 6.92 Å². The van der Waals surface area contributed by atoms with E-state index < -0.39 is 0 Å². The van der Waals surface area contributed by atoms with Gasteiger partial charge in [-0.15, -0.1) is 11.3 Å². The Balaban J connectivity index is 1.74. The lowest BCUT2D eigenvalue weighted by Crippen LogP contribution is -2.38. The second-order valence-corrected chi connectivity index (χ2v) is 6.97. The third-order valence-corrected chi connectivity index (χ3v) is 4.86. The number of rotatable bonds is 9. The van der Waals surface area contributed by atoms with Gasteiger partial charge in [0.25, 0.3) is 0 Å². The third kappa shape index (κ3) is 6.49. The molecular formula is C18H30N6S. The van der Waals surface area contributed by atoms with Crippen molar-refractivity contribution in [2.24, 2.45) is 4.99 Å². The molecule has 0 aliphatic carbocycles. The van der Waals surface area contributed by atoms with Gasteiger partial charge in [0, 0.05) is 43.7 Å². The Hall–Kier alpha value is -1.89. The van der Waals surface area contributed by atoms with Gasteiger partial charge in [-0.2, -0.15) is 5.10 Å². The van der Waals surface area contributed by atoms with E-state index >= 15 is 0 Å². The molecule has 2 rings (SSSR count). The molecule has 0 unspecified atom stereocenters. The standard InChI is InChI=1S/C18H30N6S/c1-5-17-22-16(13-25-17)8-10-21-18(19-6-2)20-9-7-11-24-15(4)12-14(3)23-24/h12-13H,5-11H2,1-4H3,(H2,19,20,21). The lowest BCUT2D eigenvalue weighted by Gasteiger charge is -2.11. The number of thiazole rings is 1. The van der Waals surface area contributed by atoms with Gasteiger partial charge < -0.3 is 10.6 Å². The molecule has 6 nitrogen and oxygen atoms in total. The minimum atomic E-state index is 0.782. The number of nitrogens with one attached hydrogen (secondary N) is 2. The summed E-state index contributed by atoms with van der Waals surface area (Å²) in [6.07, 6.45) is 2.91. The fourth-order valence-corrected chi connectivity index (χ4v) is 3.37. The van der Waals surface area contributed by atoms with E-state index in [1.807, 2.05) is 6.92 Å². The summed E-state index contributed by atoms with van der Waals surface area (Å²) in [7, 11) is 0. The fraction of sp³-hybridized carbons (Fsp3) is 0.611. The van der Waals surface area contributed by atoms with Gasteiger partial charge in [0.05, 0.1) is 16.4 Å². The van der Waals surface area contributed by atoms with Crippen LogP contribution >= 0.6 is 11.3 Å². The van der Waals surface area contributed by atoms with Gasteiger partial charge in [0.1, 0.15) is 0 Å². The summed E-state index contributed by atoms with van der Waals surface area (Å²) in [5.41, 5.74) is 3.44. The number of hydrogen-bond donors (Lipinski definition) is 2. The van der Waals surface area contributed by atoms with Crippen LogP contribution in [0, 0.1) is 13.8 Å². The van der Waals surface area contributed by atoms with Crippen LogP contribution in [0.3, 0.4) is 0 Å². The summed E-state index contributed by atoms with van der Waals surface area (Å²) in [6, 6.07) is 2.11. The molecule has 0 atom stereocenters. The molecule has 0 fully saturated rings. The first-order chi connectivity index (χ1) is 12.1. The average Bonchev–Trinajstić information content (AvgIpc) is 3.17. The zero-order valence-electron chi connectivity index (χ0n) is 15.8. The minimum Gasteiger partial charge on any atom is -0.357 e. The Labute approximate surface area is 154 Å². The van der Waals surface area contributed by atoms with Crippen LogP contribution in [0.25, 0.3) is 0 Å². The van der Waals surface area contributed by atoms with E-state index in [-0.39, 0.29) is 0 Å². The molecule has 0 aliphatic heterocycles. The Morgan fingerprint density at radius 1 is 1.28 bits per heavy atom. The summed E-state index contributed by atoms with van der Waals surface area (Å²) in [5, 5.41) is 14.5. The molecule has 0 spiro atoms. The van der Waals surface area contributed by atoms with E-state index in [1.54, 1.807) is 11.3 Å². The predicted molar refractivity (Wildman–Crippen MR) is 105 cm³/mol. The van der Waals surface area contributed by atoms with Crippen LogP contribution in [-0.4, -0.2) is 40.4 Å².